The molecule has 0 aliphatic heterocycles. The highest BCUT2D eigenvalue weighted by molar-refractivity contribution is 6.08. The lowest BCUT2D eigenvalue weighted by Crippen LogP contribution is -2.45. The fourth-order valence-corrected chi connectivity index (χ4v) is 3.55. The van der Waals surface area contributed by atoms with Crippen molar-refractivity contribution in [3.8, 4) is 5.75 Å². The molecule has 2 aromatic carbocycles. The third kappa shape index (κ3) is 4.73. The van der Waals surface area contributed by atoms with Gasteiger partial charge in [0, 0.05) is 16.8 Å². The number of carbonyl (C=O) groups excluding carboxylic acids is 3. The molecule has 0 fully saturated rings. The monoisotopic (exact) mass is 464 g/mol. The molecule has 0 unspecified atom stereocenters. The minimum Gasteiger partial charge on any atom is -0.495 e. The van der Waals surface area contributed by atoms with E-state index in [1.807, 2.05) is 24.3 Å². The summed E-state index contributed by atoms with van der Waals surface area (Å²) >= 11 is 0. The maximum Gasteiger partial charge on any atom is 0.329 e. The Morgan fingerprint density at radius 3 is 2.50 bits per heavy atom. The number of carbonyl (C=O) groups is 3. The van der Waals surface area contributed by atoms with Gasteiger partial charge in [-0.15, -0.1) is 0 Å². The zero-order chi connectivity index (χ0) is 24.2. The Kier molecular flexibility index (Phi) is 6.53. The van der Waals surface area contributed by atoms with Gasteiger partial charge in [0.1, 0.15) is 23.0 Å². The van der Waals surface area contributed by atoms with Crippen LogP contribution in [-0.2, 0) is 14.3 Å². The maximum atomic E-state index is 12.6. The highest BCUT2D eigenvalue weighted by atomic mass is 16.5. The van der Waals surface area contributed by atoms with Crippen molar-refractivity contribution < 1.29 is 32.7 Å². The molecule has 4 aromatic rings. The molecular weight excluding hydrogens is 440 g/mol. The highest BCUT2D eigenvalue weighted by Crippen LogP contribution is 2.36. The summed E-state index contributed by atoms with van der Waals surface area (Å²) in [7, 11) is 1.49. The second-order valence-corrected chi connectivity index (χ2v) is 7.98. The standard InChI is InChI=1S/C25H24N2O7/c1-14(2)23(27-24(29)19-9-6-10-32-19)25(30)33-13-22(28)26-17-12-20-16(11-21(17)31-3)15-7-4-5-8-18(15)34-20/h4-12,14,23H,13H2,1-3H3,(H,26,28)(H,27,29)/t23-/m0/s1. The van der Waals surface area contributed by atoms with Gasteiger partial charge in [-0.25, -0.2) is 4.79 Å². The SMILES string of the molecule is COc1cc2c(cc1NC(=O)COC(=O)[C@@H](NC(=O)c1ccco1)C(C)C)oc1ccccc12. The van der Waals surface area contributed by atoms with E-state index in [4.69, 9.17) is 18.3 Å². The van der Waals surface area contributed by atoms with E-state index in [9.17, 15) is 14.4 Å². The molecule has 0 saturated heterocycles. The number of para-hydroxylation sites is 1. The van der Waals surface area contributed by atoms with Crippen molar-refractivity contribution in [2.75, 3.05) is 19.0 Å². The van der Waals surface area contributed by atoms with E-state index in [1.54, 1.807) is 32.0 Å². The lowest BCUT2D eigenvalue weighted by Gasteiger charge is -2.20. The average molecular weight is 464 g/mol. The predicted molar refractivity (Wildman–Crippen MR) is 125 cm³/mol. The number of ether oxygens (including phenoxy) is 2. The van der Waals surface area contributed by atoms with Gasteiger partial charge >= 0.3 is 5.97 Å². The van der Waals surface area contributed by atoms with Crippen molar-refractivity contribution in [2.24, 2.45) is 5.92 Å². The number of furan rings is 2. The van der Waals surface area contributed by atoms with Crippen molar-refractivity contribution in [1.29, 1.82) is 0 Å². The van der Waals surface area contributed by atoms with Gasteiger partial charge in [-0.2, -0.15) is 0 Å². The van der Waals surface area contributed by atoms with Crippen molar-refractivity contribution in [1.82, 2.24) is 5.32 Å². The molecule has 34 heavy (non-hydrogen) atoms. The van der Waals surface area contributed by atoms with Gasteiger partial charge in [0.15, 0.2) is 12.4 Å². The molecule has 4 rings (SSSR count). The number of nitrogens with one attached hydrogen (secondary N) is 2. The molecule has 9 nitrogen and oxygen atoms in total. The Hall–Kier alpha value is -4.27. The molecule has 9 heteroatoms. The molecule has 176 valence electrons. The quantitative estimate of drug-likeness (QED) is 0.376. The zero-order valence-electron chi connectivity index (χ0n) is 18.9. The number of esters is 1. The van der Waals surface area contributed by atoms with Crippen LogP contribution < -0.4 is 15.4 Å². The lowest BCUT2D eigenvalue weighted by molar-refractivity contribution is -0.150. The third-order valence-electron chi connectivity index (χ3n) is 5.27. The van der Waals surface area contributed by atoms with Crippen LogP contribution in [0, 0.1) is 5.92 Å². The molecule has 2 amide bonds. The molecule has 2 heterocycles. The van der Waals surface area contributed by atoms with Crippen molar-refractivity contribution in [3.05, 3.63) is 60.6 Å². The van der Waals surface area contributed by atoms with E-state index >= 15 is 0 Å². The summed E-state index contributed by atoms with van der Waals surface area (Å²) < 4.78 is 21.5. The summed E-state index contributed by atoms with van der Waals surface area (Å²) in [5.74, 6) is -1.61. The minimum atomic E-state index is -0.952. The fourth-order valence-electron chi connectivity index (χ4n) is 3.55. The Bertz CT molecular complexity index is 1340. The largest absolute Gasteiger partial charge is 0.495 e. The van der Waals surface area contributed by atoms with Gasteiger partial charge in [0.05, 0.1) is 19.1 Å². The summed E-state index contributed by atoms with van der Waals surface area (Å²) in [5, 5.41) is 7.03. The molecule has 2 N–H and O–H groups in total. The van der Waals surface area contributed by atoms with Crippen LogP contribution in [0.2, 0.25) is 0 Å². The normalized spacial score (nSPS) is 12.0. The number of hydrogen-bond acceptors (Lipinski definition) is 7. The van der Waals surface area contributed by atoms with Gasteiger partial charge in [-0.05, 0) is 30.2 Å². The fraction of sp³-hybridized carbons (Fsp3) is 0.240. The van der Waals surface area contributed by atoms with Crippen LogP contribution in [0.25, 0.3) is 21.9 Å². The lowest BCUT2D eigenvalue weighted by atomic mass is 10.0. The summed E-state index contributed by atoms with van der Waals surface area (Å²) in [6, 6.07) is 13.1. The zero-order valence-corrected chi connectivity index (χ0v) is 18.9. The number of fused-ring (bicyclic) bond motifs is 3. The molecule has 0 radical (unpaired) electrons. The molecule has 0 bridgehead atoms. The van der Waals surface area contributed by atoms with Crippen LogP contribution in [-0.4, -0.2) is 37.5 Å². The molecule has 2 aromatic heterocycles. The number of rotatable bonds is 8. The Balaban J connectivity index is 1.43. The van der Waals surface area contributed by atoms with E-state index in [0.29, 0.717) is 22.6 Å². The molecule has 1 atom stereocenters. The van der Waals surface area contributed by atoms with Crippen LogP contribution >= 0.6 is 0 Å². The van der Waals surface area contributed by atoms with Crippen LogP contribution in [0.3, 0.4) is 0 Å². The van der Waals surface area contributed by atoms with Crippen LogP contribution in [0.4, 0.5) is 5.69 Å². The third-order valence-corrected chi connectivity index (χ3v) is 5.27. The van der Waals surface area contributed by atoms with Gasteiger partial charge in [0.25, 0.3) is 11.8 Å². The Morgan fingerprint density at radius 2 is 1.79 bits per heavy atom. The summed E-state index contributed by atoms with van der Waals surface area (Å²) in [5.41, 5.74) is 1.67. The van der Waals surface area contributed by atoms with Crippen molar-refractivity contribution in [2.45, 2.75) is 19.9 Å². The summed E-state index contributed by atoms with van der Waals surface area (Å²) in [6.07, 6.45) is 1.36. The van der Waals surface area contributed by atoms with Gasteiger partial charge in [-0.1, -0.05) is 32.0 Å². The first-order chi connectivity index (χ1) is 16.4. The number of hydrogen-bond donors (Lipinski definition) is 2. The molecule has 0 aliphatic carbocycles. The first-order valence-electron chi connectivity index (χ1n) is 10.7. The number of anilines is 1. The first-order valence-corrected chi connectivity index (χ1v) is 10.7. The number of benzene rings is 2. The Labute approximate surface area is 195 Å². The van der Waals surface area contributed by atoms with Gasteiger partial charge in [0.2, 0.25) is 0 Å². The molecule has 0 spiro atoms. The van der Waals surface area contributed by atoms with E-state index in [1.165, 1.54) is 19.4 Å². The smallest absolute Gasteiger partial charge is 0.329 e. The molecule has 0 saturated carbocycles. The predicted octanol–water partition coefficient (Wildman–Crippen LogP) is 4.12. The Morgan fingerprint density at radius 1 is 1.00 bits per heavy atom. The topological polar surface area (TPSA) is 120 Å². The maximum absolute atomic E-state index is 12.6. The van der Waals surface area contributed by atoms with Crippen LogP contribution in [0.15, 0.2) is 63.6 Å². The van der Waals surface area contributed by atoms with Crippen LogP contribution in [0.1, 0.15) is 24.4 Å². The highest BCUT2D eigenvalue weighted by Gasteiger charge is 2.27. The summed E-state index contributed by atoms with van der Waals surface area (Å²) in [6.45, 7) is 2.96. The number of amides is 2. The van der Waals surface area contributed by atoms with E-state index in [2.05, 4.69) is 10.6 Å². The summed E-state index contributed by atoms with van der Waals surface area (Å²) in [4.78, 5) is 37.3. The van der Waals surface area contributed by atoms with Crippen LogP contribution in [0.5, 0.6) is 5.75 Å². The van der Waals surface area contributed by atoms with Gasteiger partial charge in [-0.3, -0.25) is 9.59 Å². The average Bonchev–Trinajstić information content (AvgIpc) is 3.48. The molecular formula is C25H24N2O7. The van der Waals surface area contributed by atoms with E-state index in [-0.39, 0.29) is 11.7 Å². The molecule has 0 aliphatic rings. The van der Waals surface area contributed by atoms with Gasteiger partial charge < -0.3 is 28.9 Å². The second-order valence-electron chi connectivity index (χ2n) is 7.98. The second kappa shape index (κ2) is 9.70. The minimum absolute atomic E-state index is 0.0734. The van der Waals surface area contributed by atoms with Crippen molar-refractivity contribution >= 4 is 45.4 Å². The van der Waals surface area contributed by atoms with E-state index < -0.39 is 30.4 Å². The van der Waals surface area contributed by atoms with Crippen molar-refractivity contribution in [3.63, 3.8) is 0 Å². The first kappa shape index (κ1) is 22.9. The number of methoxy groups -OCH3 is 1. The van der Waals surface area contributed by atoms with E-state index in [0.717, 1.165) is 10.8 Å².